The van der Waals surface area contributed by atoms with Crippen molar-refractivity contribution in [2.75, 3.05) is 39.5 Å². The molecule has 0 saturated heterocycles. The lowest BCUT2D eigenvalue weighted by Gasteiger charge is -2.28. The molecule has 22 heteroatoms. The summed E-state index contributed by atoms with van der Waals surface area (Å²) in [6.45, 7) is 20.6. The number of hydrogen-bond donors (Lipinski definition) is 8. The maximum absolute atomic E-state index is 13.9. The van der Waals surface area contributed by atoms with Crippen molar-refractivity contribution < 1.29 is 66.8 Å². The first-order chi connectivity index (χ1) is 28.1. The van der Waals surface area contributed by atoms with Gasteiger partial charge < -0.3 is 71.4 Å². The standard InChI is InChI=1S/C39H72N8O14/c1-14-56-32(52)28(33(57-15-2)58-16-3)47-31(51)26(45-29(49)23(4)43-30(50)25(21-40)46-36(55)61-39(11,12)13)22-42-27(48)20-24(44-35(54)60-38(8,9)10)18-17-19-41-34(53)59-37(5,6)7/h23-26,28,33H,14-22,40H2,1-13H3,(H,41,53)(H,42,48)(H,43,50)(H,44,54)(H,45,49)(H,46,55)(H,47,51)/t23-,24-,25-,26-,28-/m0/s1. The molecule has 7 amide bonds. The molecule has 0 radical (unpaired) electrons. The summed E-state index contributed by atoms with van der Waals surface area (Å²) in [4.78, 5) is 104. The zero-order valence-corrected chi connectivity index (χ0v) is 38.1. The van der Waals surface area contributed by atoms with Crippen LogP contribution in [0.3, 0.4) is 0 Å². The van der Waals surface area contributed by atoms with Gasteiger partial charge in [-0.25, -0.2) is 19.2 Å². The van der Waals surface area contributed by atoms with Gasteiger partial charge in [-0.1, -0.05) is 0 Å². The second-order valence-electron chi connectivity index (χ2n) is 16.7. The molecule has 0 rings (SSSR count). The third-order valence-electron chi connectivity index (χ3n) is 7.45. The van der Waals surface area contributed by atoms with Gasteiger partial charge in [0.05, 0.1) is 6.61 Å². The molecule has 0 aliphatic carbocycles. The number of nitrogens with one attached hydrogen (secondary N) is 7. The summed E-state index contributed by atoms with van der Waals surface area (Å²) in [6.07, 6.45) is -3.47. The first kappa shape index (κ1) is 56.0. The average molecular weight is 877 g/mol. The van der Waals surface area contributed by atoms with E-state index in [0.29, 0.717) is 6.42 Å². The molecule has 352 valence electrons. The van der Waals surface area contributed by atoms with Crippen molar-refractivity contribution in [3.63, 3.8) is 0 Å². The molecule has 0 aromatic rings. The van der Waals surface area contributed by atoms with Gasteiger partial charge in [-0.2, -0.15) is 0 Å². The number of ether oxygens (including phenoxy) is 6. The molecule has 22 nitrogen and oxygen atoms in total. The van der Waals surface area contributed by atoms with Gasteiger partial charge in [0.1, 0.15) is 34.9 Å². The highest BCUT2D eigenvalue weighted by molar-refractivity contribution is 5.95. The van der Waals surface area contributed by atoms with Crippen LogP contribution in [0.15, 0.2) is 0 Å². The number of carbonyl (C=O) groups is 8. The highest BCUT2D eigenvalue weighted by Gasteiger charge is 2.36. The number of rotatable bonds is 24. The van der Waals surface area contributed by atoms with E-state index >= 15 is 0 Å². The minimum absolute atomic E-state index is 0.0499. The Morgan fingerprint density at radius 3 is 1.59 bits per heavy atom. The largest absolute Gasteiger partial charge is 0.464 e. The van der Waals surface area contributed by atoms with Gasteiger partial charge >= 0.3 is 24.2 Å². The fourth-order valence-electron chi connectivity index (χ4n) is 4.92. The van der Waals surface area contributed by atoms with E-state index < -0.39 is 108 Å². The van der Waals surface area contributed by atoms with Gasteiger partial charge in [-0.3, -0.25) is 19.2 Å². The zero-order chi connectivity index (χ0) is 47.1. The highest BCUT2D eigenvalue weighted by Crippen LogP contribution is 2.11. The monoisotopic (exact) mass is 877 g/mol. The minimum atomic E-state index is -1.59. The summed E-state index contributed by atoms with van der Waals surface area (Å²) >= 11 is 0. The Balaban J connectivity index is 6.34. The lowest BCUT2D eigenvalue weighted by Crippen LogP contribution is -2.61. The quantitative estimate of drug-likeness (QED) is 0.0290. The van der Waals surface area contributed by atoms with Crippen LogP contribution in [-0.4, -0.2) is 141 Å². The molecule has 0 aliphatic rings. The van der Waals surface area contributed by atoms with E-state index in [0.717, 1.165) is 0 Å². The predicted octanol–water partition coefficient (Wildman–Crippen LogP) is 0.979. The van der Waals surface area contributed by atoms with Crippen LogP contribution >= 0.6 is 0 Å². The van der Waals surface area contributed by atoms with Crippen LogP contribution in [0.4, 0.5) is 14.4 Å². The zero-order valence-electron chi connectivity index (χ0n) is 38.1. The lowest BCUT2D eigenvalue weighted by atomic mass is 10.1. The molecule has 9 N–H and O–H groups in total. The van der Waals surface area contributed by atoms with E-state index in [-0.39, 0.29) is 45.8 Å². The number of amides is 7. The molecule has 0 spiro atoms. The van der Waals surface area contributed by atoms with E-state index in [1.54, 1.807) is 83.1 Å². The average Bonchev–Trinajstić information content (AvgIpc) is 3.10. The third-order valence-corrected chi connectivity index (χ3v) is 7.45. The third kappa shape index (κ3) is 26.1. The Labute approximate surface area is 359 Å². The van der Waals surface area contributed by atoms with Gasteiger partial charge in [0.15, 0.2) is 12.3 Å². The van der Waals surface area contributed by atoms with Crippen molar-refractivity contribution in [3.8, 4) is 0 Å². The van der Waals surface area contributed by atoms with Crippen LogP contribution < -0.4 is 43.0 Å². The van der Waals surface area contributed by atoms with Crippen LogP contribution in [-0.2, 0) is 52.4 Å². The van der Waals surface area contributed by atoms with E-state index in [2.05, 4.69) is 37.2 Å². The number of carbonyl (C=O) groups excluding carboxylic acids is 8. The Kier molecular flexibility index (Phi) is 24.9. The second kappa shape index (κ2) is 27.1. The van der Waals surface area contributed by atoms with Gasteiger partial charge in [-0.15, -0.1) is 0 Å². The van der Waals surface area contributed by atoms with Gasteiger partial charge in [0.2, 0.25) is 23.6 Å². The van der Waals surface area contributed by atoms with E-state index in [9.17, 15) is 38.4 Å². The molecule has 0 saturated carbocycles. The number of esters is 1. The summed E-state index contributed by atoms with van der Waals surface area (Å²) in [7, 11) is 0. The van der Waals surface area contributed by atoms with E-state index in [4.69, 9.17) is 34.2 Å². The van der Waals surface area contributed by atoms with Crippen molar-refractivity contribution in [1.82, 2.24) is 37.2 Å². The van der Waals surface area contributed by atoms with Crippen LogP contribution in [0.25, 0.3) is 0 Å². The van der Waals surface area contributed by atoms with Crippen LogP contribution in [0.5, 0.6) is 0 Å². The molecule has 61 heavy (non-hydrogen) atoms. The predicted molar refractivity (Wildman–Crippen MR) is 222 cm³/mol. The minimum Gasteiger partial charge on any atom is -0.464 e. The van der Waals surface area contributed by atoms with Crippen LogP contribution in [0.2, 0.25) is 0 Å². The highest BCUT2D eigenvalue weighted by atomic mass is 16.7. The smallest absolute Gasteiger partial charge is 0.408 e. The second-order valence-corrected chi connectivity index (χ2v) is 16.7. The Hall–Kier alpha value is -4.96. The Morgan fingerprint density at radius 2 is 1.10 bits per heavy atom. The molecular formula is C39H72N8O14. The van der Waals surface area contributed by atoms with Crippen LogP contribution in [0, 0.1) is 0 Å². The molecule has 0 fully saturated rings. The number of nitrogens with two attached hydrogens (primary N) is 1. The topological polar surface area (TPSA) is 302 Å². The molecule has 5 atom stereocenters. The summed E-state index contributed by atoms with van der Waals surface area (Å²) in [5.41, 5.74) is 3.27. The molecule has 0 aromatic heterocycles. The normalized spacial score (nSPS) is 14.1. The number of hydrogen-bond acceptors (Lipinski definition) is 15. The summed E-state index contributed by atoms with van der Waals surface area (Å²) in [6, 6.07) is -6.54. The van der Waals surface area contributed by atoms with Crippen LogP contribution in [0.1, 0.15) is 109 Å². The summed E-state index contributed by atoms with van der Waals surface area (Å²) in [5.74, 6) is -4.29. The van der Waals surface area contributed by atoms with E-state index in [1.807, 2.05) is 0 Å². The maximum Gasteiger partial charge on any atom is 0.408 e. The maximum atomic E-state index is 13.9. The van der Waals surface area contributed by atoms with Gasteiger partial charge in [0.25, 0.3) is 0 Å². The van der Waals surface area contributed by atoms with Crippen molar-refractivity contribution in [3.05, 3.63) is 0 Å². The SMILES string of the molecule is CCOC(=O)[C@H](NC(=O)[C@H](CNC(=O)C[C@H](CCCNC(=O)OC(C)(C)C)NC(=O)OC(C)(C)C)NC(=O)[C@H](C)NC(=O)[C@H](CN)NC(=O)OC(C)(C)C)C(OCC)OCC. The Morgan fingerprint density at radius 1 is 0.590 bits per heavy atom. The van der Waals surface area contributed by atoms with Gasteiger partial charge in [-0.05, 0) is 103 Å². The van der Waals surface area contributed by atoms with Crippen molar-refractivity contribution >= 4 is 47.9 Å². The molecule has 0 unspecified atom stereocenters. The fourth-order valence-corrected chi connectivity index (χ4v) is 4.92. The Bertz CT molecular complexity index is 1440. The molecule has 0 heterocycles. The summed E-state index contributed by atoms with van der Waals surface area (Å²) in [5, 5.41) is 17.5. The molecular weight excluding hydrogens is 804 g/mol. The molecule has 0 bridgehead atoms. The molecule has 0 aromatic carbocycles. The van der Waals surface area contributed by atoms with Crippen molar-refractivity contribution in [1.29, 1.82) is 0 Å². The first-order valence-corrected chi connectivity index (χ1v) is 20.4. The van der Waals surface area contributed by atoms with Gasteiger partial charge in [0, 0.05) is 45.3 Å². The summed E-state index contributed by atoms with van der Waals surface area (Å²) < 4.78 is 32.0. The van der Waals surface area contributed by atoms with Crippen molar-refractivity contribution in [2.24, 2.45) is 5.73 Å². The van der Waals surface area contributed by atoms with E-state index in [1.165, 1.54) is 6.92 Å². The lowest BCUT2D eigenvalue weighted by molar-refractivity contribution is -0.180. The first-order valence-electron chi connectivity index (χ1n) is 20.4. The number of alkyl carbamates (subject to hydrolysis) is 3. The fraction of sp³-hybridized carbons (Fsp3) is 0.795. The molecule has 0 aliphatic heterocycles. The van der Waals surface area contributed by atoms with Crippen molar-refractivity contribution in [2.45, 2.75) is 163 Å².